The molecule has 1 saturated carbocycles. The Morgan fingerprint density at radius 1 is 0.929 bits per heavy atom. The molecule has 2 N–H and O–H groups in total. The van der Waals surface area contributed by atoms with Gasteiger partial charge in [-0.1, -0.05) is 11.6 Å². The summed E-state index contributed by atoms with van der Waals surface area (Å²) < 4.78 is 29.8. The summed E-state index contributed by atoms with van der Waals surface area (Å²) in [6.45, 7) is -0.656. The Bertz CT molecular complexity index is 1670. The topological polar surface area (TPSA) is 139 Å². The summed E-state index contributed by atoms with van der Waals surface area (Å²) in [5.74, 6) is -1.67. The smallest absolute Gasteiger partial charge is 0.546 e. The molecule has 1 aliphatic carbocycles. The van der Waals surface area contributed by atoms with Crippen LogP contribution in [0.5, 0.6) is 23.0 Å². The van der Waals surface area contributed by atoms with Crippen LogP contribution in [-0.2, 0) is 14.4 Å². The summed E-state index contributed by atoms with van der Waals surface area (Å²) >= 11 is 6.47. The minimum Gasteiger partial charge on any atom is -0.546 e. The Balaban J connectivity index is 0.00000405. The zero-order valence-electron chi connectivity index (χ0n) is 22.5. The van der Waals surface area contributed by atoms with Crippen molar-refractivity contribution in [1.82, 2.24) is 4.98 Å². The molecule has 1 aromatic heterocycles. The van der Waals surface area contributed by atoms with E-state index in [2.05, 4.69) is 15.6 Å². The quantitative estimate of drug-likeness (QED) is 0.205. The van der Waals surface area contributed by atoms with Crippen molar-refractivity contribution in [2.45, 2.75) is 12.8 Å². The van der Waals surface area contributed by atoms with E-state index >= 15 is 0 Å². The van der Waals surface area contributed by atoms with Crippen molar-refractivity contribution in [3.63, 3.8) is 0 Å². The number of rotatable bonds is 10. The summed E-state index contributed by atoms with van der Waals surface area (Å²) in [4.78, 5) is 40.9. The number of nitrogens with zero attached hydrogens (tertiary/aromatic N) is 1. The third-order valence-electron chi connectivity index (χ3n) is 6.46. The number of hydrogen-bond acceptors (Lipinski definition) is 8. The van der Waals surface area contributed by atoms with E-state index in [0.29, 0.717) is 40.9 Å². The Morgan fingerprint density at radius 3 is 2.21 bits per heavy atom. The number of fused-ring (bicyclic) bond motifs is 1. The maximum atomic E-state index is 13.2. The molecule has 4 aromatic rings. The maximum absolute atomic E-state index is 13.2. The van der Waals surface area contributed by atoms with Gasteiger partial charge in [-0.2, -0.15) is 0 Å². The molecule has 0 unspecified atom stereocenters. The SMILES string of the molecule is COc1cc2c(Oc3ccc(NC(=O)C4(C(=O)Nc5ccc(F)cc5)CC4)cc3Cl)ccnc2cc1OCC(=O)[O-].[Na+]. The Kier molecular flexibility index (Phi) is 9.57. The first kappa shape index (κ1) is 31.0. The van der Waals surface area contributed by atoms with Crippen LogP contribution in [0.2, 0.25) is 5.02 Å². The molecule has 5 rings (SSSR count). The molecule has 0 atom stereocenters. The number of carboxylic acid groups (broad SMARTS) is 1. The van der Waals surface area contributed by atoms with E-state index in [9.17, 15) is 23.9 Å². The molecule has 0 saturated heterocycles. The summed E-state index contributed by atoms with van der Waals surface area (Å²) in [6, 6.07) is 14.7. The second-order valence-corrected chi connectivity index (χ2v) is 9.64. The van der Waals surface area contributed by atoms with Crippen molar-refractivity contribution in [3.8, 4) is 23.0 Å². The second-order valence-electron chi connectivity index (χ2n) is 9.23. The number of aliphatic carboxylic acids is 1. The fourth-order valence-electron chi connectivity index (χ4n) is 4.12. The molecule has 210 valence electrons. The van der Waals surface area contributed by atoms with Gasteiger partial charge < -0.3 is 34.7 Å². The van der Waals surface area contributed by atoms with E-state index in [-0.39, 0.29) is 51.8 Å². The number of carboxylic acids is 1. The molecule has 1 fully saturated rings. The van der Waals surface area contributed by atoms with E-state index in [1.807, 2.05) is 0 Å². The summed E-state index contributed by atoms with van der Waals surface area (Å²) in [7, 11) is 1.41. The van der Waals surface area contributed by atoms with Gasteiger partial charge in [0.1, 0.15) is 29.3 Å². The van der Waals surface area contributed by atoms with E-state index < -0.39 is 35.6 Å². The molecule has 2 amide bonds. The third-order valence-corrected chi connectivity index (χ3v) is 6.76. The first-order chi connectivity index (χ1) is 19.7. The van der Waals surface area contributed by atoms with Crippen LogP contribution in [0, 0.1) is 11.2 Å². The fraction of sp³-hybridized carbons (Fsp3) is 0.172. The van der Waals surface area contributed by atoms with Gasteiger partial charge >= 0.3 is 29.6 Å². The minimum absolute atomic E-state index is 0. The largest absolute Gasteiger partial charge is 1.00 e. The van der Waals surface area contributed by atoms with Gasteiger partial charge in [-0.25, -0.2) is 4.39 Å². The van der Waals surface area contributed by atoms with Gasteiger partial charge in [-0.15, -0.1) is 0 Å². The number of carbonyl (C=O) groups excluding carboxylic acids is 3. The molecule has 0 aliphatic heterocycles. The fourth-order valence-corrected chi connectivity index (χ4v) is 4.34. The molecular formula is C29H22ClFN3NaO7. The Hall–Kier alpha value is -3.90. The maximum Gasteiger partial charge on any atom is 1.00 e. The number of anilines is 2. The van der Waals surface area contributed by atoms with E-state index in [4.69, 9.17) is 25.8 Å². The number of halogens is 2. The van der Waals surface area contributed by atoms with Gasteiger partial charge in [0.05, 0.1) is 23.6 Å². The van der Waals surface area contributed by atoms with Crippen molar-refractivity contribution in [2.75, 3.05) is 24.4 Å². The normalized spacial score (nSPS) is 12.9. The van der Waals surface area contributed by atoms with Crippen molar-refractivity contribution in [1.29, 1.82) is 0 Å². The van der Waals surface area contributed by atoms with E-state index in [1.54, 1.807) is 24.3 Å². The molecule has 42 heavy (non-hydrogen) atoms. The molecule has 0 radical (unpaired) electrons. The van der Waals surface area contributed by atoms with Gasteiger partial charge in [0.2, 0.25) is 11.8 Å². The van der Waals surface area contributed by atoms with Crippen LogP contribution in [-0.4, -0.2) is 36.5 Å². The Morgan fingerprint density at radius 2 is 1.60 bits per heavy atom. The van der Waals surface area contributed by atoms with Gasteiger partial charge in [-0.05, 0) is 67.4 Å². The summed E-state index contributed by atoms with van der Waals surface area (Å²) in [6.07, 6.45) is 2.25. The monoisotopic (exact) mass is 601 g/mol. The number of pyridine rings is 1. The van der Waals surface area contributed by atoms with Crippen molar-refractivity contribution in [3.05, 3.63) is 77.7 Å². The number of carbonyl (C=O) groups is 3. The number of ether oxygens (including phenoxy) is 3. The zero-order chi connectivity index (χ0) is 29.1. The van der Waals surface area contributed by atoms with Gasteiger partial charge in [0, 0.05) is 29.0 Å². The molecular weight excluding hydrogens is 580 g/mol. The summed E-state index contributed by atoms with van der Waals surface area (Å²) in [5.41, 5.74) is -0.0220. The molecule has 0 bridgehead atoms. The molecule has 0 spiro atoms. The van der Waals surface area contributed by atoms with Crippen LogP contribution in [0.4, 0.5) is 15.8 Å². The van der Waals surface area contributed by atoms with Crippen LogP contribution in [0.25, 0.3) is 10.9 Å². The Labute approximate surface area is 266 Å². The number of hydrogen-bond donors (Lipinski definition) is 2. The third kappa shape index (κ3) is 6.76. The molecule has 1 heterocycles. The van der Waals surface area contributed by atoms with Crippen molar-refractivity contribution < 1.29 is 67.6 Å². The molecule has 3 aromatic carbocycles. The number of amides is 2. The first-order valence-electron chi connectivity index (χ1n) is 12.3. The predicted octanol–water partition coefficient (Wildman–Crippen LogP) is 1.32. The standard InChI is InChI=1S/C29H23ClFN3O7.Na/c1-39-24-13-19-21(14-25(24)40-15-26(35)36)32-11-8-22(19)41-23-7-6-18(12-20(23)30)34-28(38)29(9-10-29)27(37)33-17-4-2-16(31)3-5-17;/h2-8,11-14H,9-10,15H2,1H3,(H,33,37)(H,34,38)(H,35,36);/q;+1/p-1. The summed E-state index contributed by atoms with van der Waals surface area (Å²) in [5, 5.41) is 16.9. The minimum atomic E-state index is -1.38. The second kappa shape index (κ2) is 13.0. The van der Waals surface area contributed by atoms with Crippen LogP contribution in [0.3, 0.4) is 0 Å². The average Bonchev–Trinajstić information content (AvgIpc) is 3.77. The van der Waals surface area contributed by atoms with Crippen LogP contribution < -0.4 is 59.5 Å². The number of benzene rings is 3. The van der Waals surface area contributed by atoms with E-state index in [0.717, 1.165) is 0 Å². The first-order valence-corrected chi connectivity index (χ1v) is 12.7. The predicted molar refractivity (Wildman–Crippen MR) is 146 cm³/mol. The van der Waals surface area contributed by atoms with Crippen molar-refractivity contribution >= 4 is 51.7 Å². The van der Waals surface area contributed by atoms with Gasteiger partial charge in [-0.3, -0.25) is 14.6 Å². The van der Waals surface area contributed by atoms with Crippen LogP contribution in [0.1, 0.15) is 12.8 Å². The van der Waals surface area contributed by atoms with Crippen LogP contribution in [0.15, 0.2) is 66.9 Å². The molecule has 13 heteroatoms. The van der Waals surface area contributed by atoms with Gasteiger partial charge in [0.15, 0.2) is 11.5 Å². The number of aromatic nitrogens is 1. The van der Waals surface area contributed by atoms with Crippen LogP contribution >= 0.6 is 11.6 Å². The number of methoxy groups -OCH3 is 1. The molecule has 10 nitrogen and oxygen atoms in total. The van der Waals surface area contributed by atoms with Crippen molar-refractivity contribution in [2.24, 2.45) is 5.41 Å². The molecule has 1 aliphatic rings. The van der Waals surface area contributed by atoms with E-state index in [1.165, 1.54) is 49.7 Å². The zero-order valence-corrected chi connectivity index (χ0v) is 25.3. The number of nitrogens with one attached hydrogen (secondary N) is 2. The average molecular weight is 602 g/mol. The van der Waals surface area contributed by atoms with Gasteiger partial charge in [0.25, 0.3) is 0 Å².